The maximum absolute atomic E-state index is 5.54. The van der Waals surface area contributed by atoms with E-state index in [-0.39, 0.29) is 0 Å². The molecule has 0 unspecified atom stereocenters. The van der Waals surface area contributed by atoms with Gasteiger partial charge in [0.15, 0.2) is 11.8 Å². The summed E-state index contributed by atoms with van der Waals surface area (Å²) in [6.07, 6.45) is 0. The Morgan fingerprint density at radius 1 is 0.467 bits per heavy atom. The van der Waals surface area contributed by atoms with Gasteiger partial charge in [-0.1, -0.05) is 36.4 Å². The molecule has 148 valence electrons. The van der Waals surface area contributed by atoms with Crippen LogP contribution in [-0.4, -0.2) is 23.4 Å². The van der Waals surface area contributed by atoms with Gasteiger partial charge in [-0.15, -0.1) is 0 Å². The number of aryl methyl sites for hydroxylation is 2. The Kier molecular flexibility index (Phi) is 3.40. The molecule has 0 saturated heterocycles. The van der Waals surface area contributed by atoms with E-state index in [1.807, 2.05) is 14.1 Å². The van der Waals surface area contributed by atoms with Crippen LogP contribution in [0.25, 0.3) is 54.1 Å². The molecule has 6 rings (SSSR count). The predicted molar refractivity (Wildman–Crippen MR) is 125 cm³/mol. The van der Waals surface area contributed by atoms with E-state index in [1.54, 1.807) is 14.2 Å². The van der Waals surface area contributed by atoms with Gasteiger partial charge in [0.1, 0.15) is 0 Å². The fourth-order valence-corrected chi connectivity index (χ4v) is 5.02. The van der Waals surface area contributed by atoms with E-state index in [0.717, 1.165) is 11.8 Å². The molecule has 6 aromatic rings. The van der Waals surface area contributed by atoms with Crippen LogP contribution in [0.1, 0.15) is 0 Å². The number of benzene rings is 4. The van der Waals surface area contributed by atoms with Gasteiger partial charge in [0.25, 0.3) is 0 Å². The molecule has 30 heavy (non-hydrogen) atoms. The number of hydrogen-bond acceptors (Lipinski definition) is 2. The van der Waals surface area contributed by atoms with Crippen LogP contribution in [0.15, 0.2) is 60.7 Å². The van der Waals surface area contributed by atoms with Crippen LogP contribution >= 0.6 is 0 Å². The summed E-state index contributed by atoms with van der Waals surface area (Å²) in [6.45, 7) is 0. The molecule has 0 radical (unpaired) electrons. The highest BCUT2D eigenvalue weighted by Gasteiger charge is 2.14. The second kappa shape index (κ2) is 5.92. The van der Waals surface area contributed by atoms with Crippen molar-refractivity contribution >= 4 is 54.1 Å². The zero-order valence-electron chi connectivity index (χ0n) is 17.5. The van der Waals surface area contributed by atoms with Gasteiger partial charge < -0.3 is 18.6 Å². The van der Waals surface area contributed by atoms with Gasteiger partial charge in [0, 0.05) is 37.0 Å². The summed E-state index contributed by atoms with van der Waals surface area (Å²) in [7, 11) is 7.52. The SMILES string of the molecule is COc1cc2c3ccc4c(ccc5c4ccc4c5cc(OC)n4C)c3ccc2n1C. The van der Waals surface area contributed by atoms with Gasteiger partial charge >= 0.3 is 0 Å². The van der Waals surface area contributed by atoms with Crippen LogP contribution in [0.4, 0.5) is 0 Å². The molecule has 0 fully saturated rings. The zero-order chi connectivity index (χ0) is 20.6. The number of nitrogens with zero attached hydrogens (tertiary/aromatic N) is 2. The first-order chi connectivity index (χ1) is 14.6. The highest BCUT2D eigenvalue weighted by molar-refractivity contribution is 6.24. The monoisotopic (exact) mass is 394 g/mol. The Bertz CT molecular complexity index is 1510. The Balaban J connectivity index is 1.73. The van der Waals surface area contributed by atoms with E-state index in [2.05, 4.69) is 69.8 Å². The molecule has 4 nitrogen and oxygen atoms in total. The van der Waals surface area contributed by atoms with Gasteiger partial charge in [-0.05, 0) is 44.5 Å². The van der Waals surface area contributed by atoms with Crippen molar-refractivity contribution in [1.29, 1.82) is 0 Å². The third-order valence-corrected chi connectivity index (χ3v) is 6.57. The molecule has 2 aromatic heterocycles. The molecule has 0 bridgehead atoms. The first-order valence-corrected chi connectivity index (χ1v) is 10.1. The second-order valence-corrected chi connectivity index (χ2v) is 7.90. The summed E-state index contributed by atoms with van der Waals surface area (Å²) in [5.41, 5.74) is 2.36. The highest BCUT2D eigenvalue weighted by Crippen LogP contribution is 2.39. The Hall–Kier alpha value is -3.66. The number of aromatic nitrogens is 2. The summed E-state index contributed by atoms with van der Waals surface area (Å²) < 4.78 is 15.3. The Labute approximate surface area is 173 Å². The van der Waals surface area contributed by atoms with Gasteiger partial charge in [0.05, 0.1) is 25.3 Å². The molecule has 0 saturated carbocycles. The van der Waals surface area contributed by atoms with E-state index in [4.69, 9.17) is 9.47 Å². The maximum atomic E-state index is 5.54. The lowest BCUT2D eigenvalue weighted by molar-refractivity contribution is 0.384. The van der Waals surface area contributed by atoms with Crippen molar-refractivity contribution in [2.24, 2.45) is 14.1 Å². The number of hydrogen-bond donors (Lipinski definition) is 0. The van der Waals surface area contributed by atoms with Gasteiger partial charge in [0.2, 0.25) is 0 Å². The summed E-state index contributed by atoms with van der Waals surface area (Å²) in [4.78, 5) is 0. The molecule has 0 spiro atoms. The van der Waals surface area contributed by atoms with Crippen molar-refractivity contribution in [1.82, 2.24) is 9.13 Å². The van der Waals surface area contributed by atoms with Crippen LogP contribution in [0, 0.1) is 0 Å². The van der Waals surface area contributed by atoms with E-state index < -0.39 is 0 Å². The Morgan fingerprint density at radius 2 is 0.767 bits per heavy atom. The number of fused-ring (bicyclic) bond motifs is 9. The van der Waals surface area contributed by atoms with Crippen LogP contribution in [0.2, 0.25) is 0 Å². The minimum Gasteiger partial charge on any atom is -0.482 e. The normalized spacial score (nSPS) is 12.0. The molecule has 4 heteroatoms. The molecule has 0 aliphatic heterocycles. The Morgan fingerprint density at radius 3 is 1.10 bits per heavy atom. The summed E-state index contributed by atoms with van der Waals surface area (Å²) >= 11 is 0. The molecular weight excluding hydrogens is 372 g/mol. The number of methoxy groups -OCH3 is 2. The lowest BCUT2D eigenvalue weighted by Crippen LogP contribution is -1.92. The number of rotatable bonds is 2. The quantitative estimate of drug-likeness (QED) is 0.330. The standard InChI is InChI=1S/C26H22N2O2/c1-27-23-11-9-17-15-6-8-20-18(10-12-24-22(20)14-26(30-4)28(24)2)16(15)5-7-19(17)21(23)13-25(27)29-3/h5-14H,1-4H3. The average Bonchev–Trinajstić information content (AvgIpc) is 3.29. The van der Waals surface area contributed by atoms with E-state index >= 15 is 0 Å². The fraction of sp³-hybridized carbons (Fsp3) is 0.154. The zero-order valence-corrected chi connectivity index (χ0v) is 17.5. The average molecular weight is 394 g/mol. The highest BCUT2D eigenvalue weighted by atomic mass is 16.5. The topological polar surface area (TPSA) is 28.3 Å². The fourth-order valence-electron chi connectivity index (χ4n) is 5.02. The molecule has 0 N–H and O–H groups in total. The number of ether oxygens (including phenoxy) is 2. The van der Waals surface area contributed by atoms with E-state index in [9.17, 15) is 0 Å². The van der Waals surface area contributed by atoms with E-state index in [1.165, 1.54) is 54.1 Å². The van der Waals surface area contributed by atoms with Crippen molar-refractivity contribution in [2.75, 3.05) is 14.2 Å². The molecule has 0 aliphatic rings. The van der Waals surface area contributed by atoms with Crippen LogP contribution in [-0.2, 0) is 14.1 Å². The van der Waals surface area contributed by atoms with Crippen molar-refractivity contribution in [3.8, 4) is 11.8 Å². The lowest BCUT2D eigenvalue weighted by atomic mass is 9.94. The lowest BCUT2D eigenvalue weighted by Gasteiger charge is -2.10. The third kappa shape index (κ3) is 2.05. The third-order valence-electron chi connectivity index (χ3n) is 6.57. The van der Waals surface area contributed by atoms with Crippen molar-refractivity contribution in [3.05, 3.63) is 60.7 Å². The molecule has 0 atom stereocenters. The predicted octanol–water partition coefficient (Wildman–Crippen LogP) is 6.15. The maximum Gasteiger partial charge on any atom is 0.193 e. The smallest absolute Gasteiger partial charge is 0.193 e. The van der Waals surface area contributed by atoms with E-state index in [0.29, 0.717) is 0 Å². The molecule has 4 aromatic carbocycles. The van der Waals surface area contributed by atoms with Crippen LogP contribution < -0.4 is 9.47 Å². The minimum absolute atomic E-state index is 0.872. The van der Waals surface area contributed by atoms with Gasteiger partial charge in [-0.25, -0.2) is 0 Å². The van der Waals surface area contributed by atoms with Crippen LogP contribution in [0.3, 0.4) is 0 Å². The van der Waals surface area contributed by atoms with Gasteiger partial charge in [-0.3, -0.25) is 0 Å². The van der Waals surface area contributed by atoms with Crippen molar-refractivity contribution in [3.63, 3.8) is 0 Å². The van der Waals surface area contributed by atoms with Gasteiger partial charge in [-0.2, -0.15) is 0 Å². The van der Waals surface area contributed by atoms with Crippen molar-refractivity contribution in [2.45, 2.75) is 0 Å². The molecule has 2 heterocycles. The molecular formula is C26H22N2O2. The van der Waals surface area contributed by atoms with Crippen molar-refractivity contribution < 1.29 is 9.47 Å². The summed E-state index contributed by atoms with van der Waals surface area (Å²) in [6, 6.07) is 22.1. The summed E-state index contributed by atoms with van der Waals surface area (Å²) in [5.74, 6) is 1.74. The largest absolute Gasteiger partial charge is 0.482 e. The minimum atomic E-state index is 0.872. The first-order valence-electron chi connectivity index (χ1n) is 10.1. The second-order valence-electron chi connectivity index (χ2n) is 7.90. The molecule has 0 amide bonds. The van der Waals surface area contributed by atoms with Crippen LogP contribution in [0.5, 0.6) is 11.8 Å². The molecule has 0 aliphatic carbocycles. The summed E-state index contributed by atoms with van der Waals surface area (Å²) in [5, 5.41) is 10.0. The first kappa shape index (κ1) is 17.2.